The fraction of sp³-hybridized carbons (Fsp3) is 0.629. The summed E-state index contributed by atoms with van der Waals surface area (Å²) in [5.41, 5.74) is 0.0452. The number of rotatable bonds is 2. The summed E-state index contributed by atoms with van der Waals surface area (Å²) in [6.45, 7) is 5.85. The summed E-state index contributed by atoms with van der Waals surface area (Å²) < 4.78 is 89.1. The molecule has 13 heteroatoms. The van der Waals surface area contributed by atoms with E-state index in [2.05, 4.69) is 15.3 Å². The van der Waals surface area contributed by atoms with Gasteiger partial charge in [0.2, 0.25) is 0 Å². The Labute approximate surface area is 279 Å². The standard InChI is InChI=1S/C35H45F4N5O3S/c1-21(36)30-10-5-4-6-15-44-33-28(20-27(34(44)45)24-13-18-48(46,47)19-14-24)32(41-23(3)42-33)40-22(2)26-8-7-9-29(31(26)37)35(38,39)25-11-16-43(30)17-12-25/h7-9,20-22,24-25,30H,4-6,10-19H2,1-3H3,(H,40,41,42)/t21?,22-,30?/m1/s1. The molecule has 0 amide bonds. The molecule has 7 rings (SSSR count). The van der Waals surface area contributed by atoms with Crippen LogP contribution in [0.5, 0.6) is 0 Å². The van der Waals surface area contributed by atoms with Gasteiger partial charge in [-0.05, 0) is 84.4 Å². The Morgan fingerprint density at radius 2 is 1.69 bits per heavy atom. The maximum absolute atomic E-state index is 16.1. The zero-order valence-electron chi connectivity index (χ0n) is 27.8. The molecule has 2 fully saturated rings. The van der Waals surface area contributed by atoms with Crippen molar-refractivity contribution in [2.24, 2.45) is 5.92 Å². The number of anilines is 1. The molecule has 4 aliphatic heterocycles. The third kappa shape index (κ3) is 6.86. The van der Waals surface area contributed by atoms with Gasteiger partial charge in [-0.25, -0.2) is 35.9 Å². The molecule has 3 aromatic rings. The third-order valence-corrected chi connectivity index (χ3v) is 12.4. The van der Waals surface area contributed by atoms with Crippen LogP contribution >= 0.6 is 0 Å². The number of benzene rings is 1. The maximum Gasteiger partial charge on any atom is 0.278 e. The van der Waals surface area contributed by atoms with Gasteiger partial charge in [0.15, 0.2) is 0 Å². The maximum atomic E-state index is 16.1. The average molecular weight is 692 g/mol. The van der Waals surface area contributed by atoms with Crippen molar-refractivity contribution in [1.82, 2.24) is 19.4 Å². The molecule has 2 unspecified atom stereocenters. The summed E-state index contributed by atoms with van der Waals surface area (Å²) in [5, 5.41) is 3.76. The third-order valence-electron chi connectivity index (χ3n) is 10.7. The molecular weight excluding hydrogens is 646 g/mol. The van der Waals surface area contributed by atoms with Crippen LogP contribution in [0.4, 0.5) is 23.4 Å². The van der Waals surface area contributed by atoms with Crippen LogP contribution in [-0.4, -0.2) is 64.7 Å². The fourth-order valence-electron chi connectivity index (χ4n) is 7.93. The Morgan fingerprint density at radius 1 is 0.979 bits per heavy atom. The first-order chi connectivity index (χ1) is 22.8. The van der Waals surface area contributed by atoms with Gasteiger partial charge in [-0.3, -0.25) is 14.3 Å². The van der Waals surface area contributed by atoms with E-state index in [0.29, 0.717) is 80.0 Å². The molecule has 1 N–H and O–H groups in total. The Kier molecular flexibility index (Phi) is 9.92. The zero-order chi connectivity index (χ0) is 34.4. The van der Waals surface area contributed by atoms with E-state index in [1.54, 1.807) is 24.5 Å². The molecule has 6 heterocycles. The highest BCUT2D eigenvalue weighted by Crippen LogP contribution is 2.44. The van der Waals surface area contributed by atoms with Crippen LogP contribution in [0.3, 0.4) is 0 Å². The fourth-order valence-corrected chi connectivity index (χ4v) is 9.42. The number of nitrogens with zero attached hydrogens (tertiary/aromatic N) is 4. The SMILES string of the molecule is Cc1nc2c3cc(C4CCS(=O)(=O)CC4)c(=O)n(c3n1)CCCCCC(C(C)F)N1CCC(CC1)C(F)(F)c1cccc(c1F)[C@@H](C)N2. The number of piperidine rings is 1. The van der Waals surface area contributed by atoms with Gasteiger partial charge in [-0.1, -0.05) is 31.0 Å². The predicted molar refractivity (Wildman–Crippen MR) is 179 cm³/mol. The largest absolute Gasteiger partial charge is 0.363 e. The second-order valence-corrected chi connectivity index (χ2v) is 16.2. The number of aromatic nitrogens is 3. The summed E-state index contributed by atoms with van der Waals surface area (Å²) in [4.78, 5) is 25.3. The molecule has 262 valence electrons. The first-order valence-corrected chi connectivity index (χ1v) is 19.0. The van der Waals surface area contributed by atoms with E-state index in [9.17, 15) is 17.6 Å². The van der Waals surface area contributed by atoms with Gasteiger partial charge in [0.1, 0.15) is 39.1 Å². The lowest BCUT2D eigenvalue weighted by Gasteiger charge is -2.40. The highest BCUT2D eigenvalue weighted by Gasteiger charge is 2.46. The van der Waals surface area contributed by atoms with Gasteiger partial charge >= 0.3 is 0 Å². The van der Waals surface area contributed by atoms with Crippen molar-refractivity contribution < 1.29 is 26.0 Å². The molecular formula is C35H45F4N5O3S. The highest BCUT2D eigenvalue weighted by atomic mass is 32.2. The topological polar surface area (TPSA) is 97.2 Å². The van der Waals surface area contributed by atoms with Crippen LogP contribution in [0.2, 0.25) is 0 Å². The first kappa shape index (κ1) is 34.8. The zero-order valence-corrected chi connectivity index (χ0v) is 28.6. The number of fused-ring (bicyclic) bond motifs is 8. The molecule has 1 aromatic carbocycles. The number of aryl methyl sites for hydroxylation is 2. The van der Waals surface area contributed by atoms with Crippen molar-refractivity contribution >= 4 is 26.7 Å². The van der Waals surface area contributed by atoms with E-state index in [1.807, 2.05) is 4.90 Å². The quantitative estimate of drug-likeness (QED) is 0.295. The van der Waals surface area contributed by atoms with Crippen LogP contribution < -0.4 is 10.9 Å². The summed E-state index contributed by atoms with van der Waals surface area (Å²) in [6, 6.07) is 4.60. The summed E-state index contributed by atoms with van der Waals surface area (Å²) in [6.07, 6.45) is 2.36. The van der Waals surface area contributed by atoms with E-state index in [4.69, 9.17) is 0 Å². The Bertz CT molecular complexity index is 1810. The van der Waals surface area contributed by atoms with Crippen molar-refractivity contribution in [2.75, 3.05) is 29.9 Å². The first-order valence-electron chi connectivity index (χ1n) is 17.2. The number of hydrogen-bond acceptors (Lipinski definition) is 7. The average Bonchev–Trinajstić information content (AvgIpc) is 3.03. The van der Waals surface area contributed by atoms with Crippen molar-refractivity contribution in [2.45, 2.75) is 109 Å². The second kappa shape index (κ2) is 13.7. The smallest absolute Gasteiger partial charge is 0.278 e. The number of pyridine rings is 1. The van der Waals surface area contributed by atoms with E-state index in [0.717, 1.165) is 12.5 Å². The number of sulfone groups is 1. The molecule has 8 bridgehead atoms. The normalized spacial score (nSPS) is 27.4. The lowest BCUT2D eigenvalue weighted by molar-refractivity contribution is -0.0933. The van der Waals surface area contributed by atoms with Gasteiger partial charge in [-0.2, -0.15) is 0 Å². The lowest BCUT2D eigenvalue weighted by Crippen LogP contribution is -2.47. The second-order valence-electron chi connectivity index (χ2n) is 13.9. The minimum absolute atomic E-state index is 0.00598. The summed E-state index contributed by atoms with van der Waals surface area (Å²) in [5.74, 6) is -5.05. The molecule has 2 aromatic heterocycles. The molecule has 0 saturated carbocycles. The van der Waals surface area contributed by atoms with Gasteiger partial charge in [0, 0.05) is 29.6 Å². The molecule has 4 aliphatic rings. The van der Waals surface area contributed by atoms with Crippen LogP contribution in [0.25, 0.3) is 11.0 Å². The Morgan fingerprint density at radius 3 is 2.38 bits per heavy atom. The van der Waals surface area contributed by atoms with Crippen molar-refractivity contribution in [3.8, 4) is 0 Å². The van der Waals surface area contributed by atoms with Crippen LogP contribution in [-0.2, 0) is 22.3 Å². The minimum atomic E-state index is -3.42. The van der Waals surface area contributed by atoms with E-state index in [-0.39, 0.29) is 41.4 Å². The number of halogens is 4. The summed E-state index contributed by atoms with van der Waals surface area (Å²) in [7, 11) is -3.17. The van der Waals surface area contributed by atoms with Crippen molar-refractivity contribution in [3.05, 3.63) is 63.0 Å². The molecule has 8 nitrogen and oxygen atoms in total. The molecule has 2 saturated heterocycles. The predicted octanol–water partition coefficient (Wildman–Crippen LogP) is 6.81. The molecule has 0 spiro atoms. The minimum Gasteiger partial charge on any atom is -0.363 e. The molecule has 3 atom stereocenters. The highest BCUT2D eigenvalue weighted by molar-refractivity contribution is 7.91. The summed E-state index contributed by atoms with van der Waals surface area (Å²) >= 11 is 0. The molecule has 0 aliphatic carbocycles. The number of alkyl halides is 3. The van der Waals surface area contributed by atoms with Crippen LogP contribution in [0.1, 0.15) is 99.7 Å². The van der Waals surface area contributed by atoms with Gasteiger partial charge in [0.05, 0.1) is 28.5 Å². The lowest BCUT2D eigenvalue weighted by atomic mass is 9.84. The van der Waals surface area contributed by atoms with Crippen molar-refractivity contribution in [1.29, 1.82) is 0 Å². The number of hydrogen-bond donors (Lipinski definition) is 1. The van der Waals surface area contributed by atoms with Gasteiger partial charge < -0.3 is 5.32 Å². The Balaban J connectivity index is 1.46. The van der Waals surface area contributed by atoms with Crippen LogP contribution in [0, 0.1) is 18.7 Å². The van der Waals surface area contributed by atoms with Gasteiger partial charge in [0.25, 0.3) is 11.5 Å². The monoisotopic (exact) mass is 691 g/mol. The molecule has 48 heavy (non-hydrogen) atoms. The van der Waals surface area contributed by atoms with E-state index >= 15 is 13.2 Å². The van der Waals surface area contributed by atoms with E-state index in [1.165, 1.54) is 19.1 Å². The van der Waals surface area contributed by atoms with E-state index < -0.39 is 51.3 Å². The van der Waals surface area contributed by atoms with Crippen LogP contribution in [0.15, 0.2) is 29.1 Å². The number of nitrogens with one attached hydrogen (secondary N) is 1. The Hall–Kier alpha value is -3.06. The molecule has 0 radical (unpaired) electrons. The van der Waals surface area contributed by atoms with Crippen molar-refractivity contribution in [3.63, 3.8) is 0 Å². The van der Waals surface area contributed by atoms with Gasteiger partial charge in [-0.15, -0.1) is 0 Å².